The lowest BCUT2D eigenvalue weighted by molar-refractivity contribution is 0.0751. The van der Waals surface area contributed by atoms with Crippen LogP contribution in [0, 0.1) is 0 Å². The van der Waals surface area contributed by atoms with Crippen molar-refractivity contribution in [3.8, 4) is 0 Å². The Bertz CT molecular complexity index is 1010. The van der Waals surface area contributed by atoms with Crippen molar-refractivity contribution in [1.82, 2.24) is 20.2 Å². The van der Waals surface area contributed by atoms with E-state index in [9.17, 15) is 4.79 Å². The number of fused-ring (bicyclic) bond motifs is 1. The van der Waals surface area contributed by atoms with E-state index in [2.05, 4.69) is 30.8 Å². The Hall–Kier alpha value is -3.37. The highest BCUT2D eigenvalue weighted by Gasteiger charge is 2.24. The third-order valence-corrected chi connectivity index (χ3v) is 4.50. The summed E-state index contributed by atoms with van der Waals surface area (Å²) in [6.07, 6.45) is 2.45. The van der Waals surface area contributed by atoms with Gasteiger partial charge in [-0.2, -0.15) is 4.98 Å². The summed E-state index contributed by atoms with van der Waals surface area (Å²) in [5.74, 6) is -0.245. The highest BCUT2D eigenvalue weighted by Crippen LogP contribution is 2.22. The molecule has 10 nitrogen and oxygen atoms in total. The number of benzene rings is 1. The maximum atomic E-state index is 11.8. The Morgan fingerprint density at radius 3 is 2.96 bits per heavy atom. The number of anilines is 3. The van der Waals surface area contributed by atoms with Gasteiger partial charge in [0.2, 0.25) is 5.95 Å². The molecular formula is C18H20N8O2. The SMILES string of the molecule is NC(=O)c1nnc(N[C@@H]2CCOC[C@@H]2N)nc1Nc1ccc2ncccc2c1. The molecule has 0 saturated carbocycles. The second-order valence-corrected chi connectivity index (χ2v) is 6.51. The van der Waals surface area contributed by atoms with Gasteiger partial charge in [0, 0.05) is 36.0 Å². The number of ether oxygens (including phenoxy) is 1. The predicted molar refractivity (Wildman–Crippen MR) is 104 cm³/mol. The number of nitrogens with zero attached hydrogens (tertiary/aromatic N) is 4. The zero-order valence-corrected chi connectivity index (χ0v) is 15.0. The summed E-state index contributed by atoms with van der Waals surface area (Å²) in [5, 5.41) is 15.1. The molecule has 28 heavy (non-hydrogen) atoms. The normalized spacial score (nSPS) is 19.3. The number of nitrogens with one attached hydrogen (secondary N) is 2. The number of rotatable bonds is 5. The fraction of sp³-hybridized carbons (Fsp3) is 0.278. The predicted octanol–water partition coefficient (Wildman–Crippen LogP) is 0.790. The quantitative estimate of drug-likeness (QED) is 0.503. The van der Waals surface area contributed by atoms with Gasteiger partial charge in [0.1, 0.15) is 0 Å². The van der Waals surface area contributed by atoms with E-state index in [0.717, 1.165) is 23.0 Å². The first-order chi connectivity index (χ1) is 13.6. The average Bonchev–Trinajstić information content (AvgIpc) is 2.70. The molecule has 0 unspecified atom stereocenters. The minimum atomic E-state index is -0.723. The zero-order chi connectivity index (χ0) is 19.5. The maximum absolute atomic E-state index is 11.8. The largest absolute Gasteiger partial charge is 0.380 e. The molecule has 6 N–H and O–H groups in total. The number of nitrogens with two attached hydrogens (primary N) is 2. The minimum Gasteiger partial charge on any atom is -0.380 e. The van der Waals surface area contributed by atoms with Gasteiger partial charge in [0.25, 0.3) is 5.91 Å². The Balaban J connectivity index is 1.62. The van der Waals surface area contributed by atoms with E-state index in [1.807, 2.05) is 30.3 Å². The fourth-order valence-corrected chi connectivity index (χ4v) is 3.04. The number of aromatic nitrogens is 4. The van der Waals surface area contributed by atoms with Crippen LogP contribution < -0.4 is 22.1 Å². The molecule has 1 aromatic carbocycles. The van der Waals surface area contributed by atoms with Gasteiger partial charge < -0.3 is 26.8 Å². The highest BCUT2D eigenvalue weighted by molar-refractivity contribution is 5.96. The van der Waals surface area contributed by atoms with Gasteiger partial charge in [-0.1, -0.05) is 6.07 Å². The molecule has 3 aromatic rings. The molecule has 1 amide bonds. The van der Waals surface area contributed by atoms with Crippen LogP contribution in [-0.4, -0.2) is 51.4 Å². The van der Waals surface area contributed by atoms with Crippen molar-refractivity contribution >= 4 is 34.3 Å². The maximum Gasteiger partial charge on any atom is 0.273 e. The standard InChI is InChI=1S/C18H20N8O2/c19-12-9-28-7-5-14(12)23-18-24-17(15(16(20)27)25-26-18)22-11-3-4-13-10(8-11)2-1-6-21-13/h1-4,6,8,12,14H,5,7,9,19H2,(H2,20,27)(H2,22,23,24,26)/t12-,14+/m0/s1. The molecular weight excluding hydrogens is 360 g/mol. The Labute approximate surface area is 160 Å². The lowest BCUT2D eigenvalue weighted by atomic mass is 10.1. The van der Waals surface area contributed by atoms with Crippen molar-refractivity contribution in [2.75, 3.05) is 23.8 Å². The Morgan fingerprint density at radius 2 is 2.14 bits per heavy atom. The average molecular weight is 380 g/mol. The highest BCUT2D eigenvalue weighted by atomic mass is 16.5. The molecule has 2 aromatic heterocycles. The smallest absolute Gasteiger partial charge is 0.273 e. The van der Waals surface area contributed by atoms with Crippen molar-refractivity contribution in [2.45, 2.75) is 18.5 Å². The molecule has 0 spiro atoms. The molecule has 1 saturated heterocycles. The van der Waals surface area contributed by atoms with E-state index in [0.29, 0.717) is 13.2 Å². The minimum absolute atomic E-state index is 0.0467. The Kier molecular flexibility index (Phi) is 4.96. The lowest BCUT2D eigenvalue weighted by Gasteiger charge is -2.29. The van der Waals surface area contributed by atoms with Crippen LogP contribution in [0.4, 0.5) is 17.5 Å². The van der Waals surface area contributed by atoms with Gasteiger partial charge in [-0.25, -0.2) is 0 Å². The van der Waals surface area contributed by atoms with Crippen molar-refractivity contribution in [3.63, 3.8) is 0 Å². The van der Waals surface area contributed by atoms with Crippen molar-refractivity contribution in [2.24, 2.45) is 11.5 Å². The number of hydrogen-bond donors (Lipinski definition) is 4. The number of primary amides is 1. The van der Waals surface area contributed by atoms with Crippen molar-refractivity contribution in [1.29, 1.82) is 0 Å². The molecule has 144 valence electrons. The van der Waals surface area contributed by atoms with E-state index in [1.54, 1.807) is 6.20 Å². The summed E-state index contributed by atoms with van der Waals surface area (Å²) in [6, 6.07) is 9.18. The summed E-state index contributed by atoms with van der Waals surface area (Å²) >= 11 is 0. The summed E-state index contributed by atoms with van der Waals surface area (Å²) in [7, 11) is 0. The third kappa shape index (κ3) is 3.82. The third-order valence-electron chi connectivity index (χ3n) is 4.50. The van der Waals surface area contributed by atoms with Crippen molar-refractivity contribution < 1.29 is 9.53 Å². The van der Waals surface area contributed by atoms with Crippen LogP contribution in [0.5, 0.6) is 0 Å². The number of hydrogen-bond acceptors (Lipinski definition) is 9. The number of carbonyl (C=O) groups excluding carboxylic acids is 1. The summed E-state index contributed by atoms with van der Waals surface area (Å²) in [6.45, 7) is 1.06. The van der Waals surface area contributed by atoms with Gasteiger partial charge in [0.05, 0.1) is 12.1 Å². The second-order valence-electron chi connectivity index (χ2n) is 6.51. The molecule has 4 rings (SSSR count). The molecule has 10 heteroatoms. The monoisotopic (exact) mass is 380 g/mol. The molecule has 0 bridgehead atoms. The van der Waals surface area contributed by atoms with E-state index in [-0.39, 0.29) is 29.5 Å². The van der Waals surface area contributed by atoms with Crippen LogP contribution in [0.2, 0.25) is 0 Å². The van der Waals surface area contributed by atoms with Gasteiger partial charge in [0.15, 0.2) is 11.5 Å². The first-order valence-electron chi connectivity index (χ1n) is 8.86. The van der Waals surface area contributed by atoms with Gasteiger partial charge >= 0.3 is 0 Å². The van der Waals surface area contributed by atoms with E-state index >= 15 is 0 Å². The fourth-order valence-electron chi connectivity index (χ4n) is 3.04. The Morgan fingerprint density at radius 1 is 1.25 bits per heavy atom. The molecule has 1 fully saturated rings. The van der Waals surface area contributed by atoms with E-state index in [4.69, 9.17) is 16.2 Å². The molecule has 1 aliphatic heterocycles. The van der Waals surface area contributed by atoms with Crippen LogP contribution in [0.15, 0.2) is 36.5 Å². The van der Waals surface area contributed by atoms with Crippen LogP contribution in [-0.2, 0) is 4.74 Å². The second kappa shape index (κ2) is 7.71. The van der Waals surface area contributed by atoms with Gasteiger partial charge in [-0.15, -0.1) is 10.2 Å². The summed E-state index contributed by atoms with van der Waals surface area (Å²) in [5.41, 5.74) is 13.0. The van der Waals surface area contributed by atoms with E-state index in [1.165, 1.54) is 0 Å². The van der Waals surface area contributed by atoms with Crippen LogP contribution in [0.1, 0.15) is 16.9 Å². The summed E-state index contributed by atoms with van der Waals surface area (Å²) in [4.78, 5) is 20.4. The lowest BCUT2D eigenvalue weighted by Crippen LogP contribution is -2.48. The first kappa shape index (κ1) is 18.0. The van der Waals surface area contributed by atoms with Crippen LogP contribution >= 0.6 is 0 Å². The summed E-state index contributed by atoms with van der Waals surface area (Å²) < 4.78 is 5.34. The van der Waals surface area contributed by atoms with Gasteiger partial charge in [-0.05, 0) is 30.7 Å². The van der Waals surface area contributed by atoms with E-state index < -0.39 is 5.91 Å². The number of carbonyl (C=O) groups is 1. The molecule has 2 atom stereocenters. The molecule has 0 radical (unpaired) electrons. The zero-order valence-electron chi connectivity index (χ0n) is 15.0. The first-order valence-corrected chi connectivity index (χ1v) is 8.86. The van der Waals surface area contributed by atoms with Crippen molar-refractivity contribution in [3.05, 3.63) is 42.2 Å². The molecule has 0 aliphatic carbocycles. The number of pyridine rings is 1. The number of amides is 1. The van der Waals surface area contributed by atoms with Crippen LogP contribution in [0.3, 0.4) is 0 Å². The van der Waals surface area contributed by atoms with Crippen LogP contribution in [0.25, 0.3) is 10.9 Å². The molecule has 1 aliphatic rings. The molecule has 3 heterocycles. The van der Waals surface area contributed by atoms with Gasteiger partial charge in [-0.3, -0.25) is 9.78 Å². The topological polar surface area (TPSA) is 154 Å².